The van der Waals surface area contributed by atoms with E-state index in [0.717, 1.165) is 0 Å². The molecule has 178 valence electrons. The Morgan fingerprint density at radius 2 is 1.71 bits per heavy atom. The van der Waals surface area contributed by atoms with Gasteiger partial charge in [-0.2, -0.15) is 4.98 Å². The Hall–Kier alpha value is -4.33. The van der Waals surface area contributed by atoms with Crippen LogP contribution in [-0.2, 0) is 20.4 Å². The van der Waals surface area contributed by atoms with E-state index in [2.05, 4.69) is 20.8 Å². The number of carbonyl (C=O) groups excluding carboxylic acids is 2. The van der Waals surface area contributed by atoms with Gasteiger partial charge in [-0.3, -0.25) is 19.7 Å². The lowest BCUT2D eigenvalue weighted by Crippen LogP contribution is -2.36. The molecule has 2 N–H and O–H groups in total. The number of nitro groups is 1. The molecule has 3 aromatic rings. The average Bonchev–Trinajstić information content (AvgIpc) is 3.29. The molecule has 34 heavy (non-hydrogen) atoms. The van der Waals surface area contributed by atoms with E-state index in [4.69, 9.17) is 9.26 Å². The highest BCUT2D eigenvalue weighted by Gasteiger charge is 2.21. The third-order valence-electron chi connectivity index (χ3n) is 4.23. The van der Waals surface area contributed by atoms with Crippen LogP contribution in [0.5, 0.6) is 5.75 Å². The number of sulfone groups is 1. The molecule has 0 aliphatic carbocycles. The second kappa shape index (κ2) is 11.0. The first kappa shape index (κ1) is 24.3. The summed E-state index contributed by atoms with van der Waals surface area (Å²) in [6.45, 7) is -0.228. The predicted molar refractivity (Wildman–Crippen MR) is 116 cm³/mol. The fraction of sp³-hybridized carbons (Fsp3) is 0.200. The van der Waals surface area contributed by atoms with Crippen LogP contribution >= 0.6 is 0 Å². The van der Waals surface area contributed by atoms with Crippen molar-refractivity contribution >= 4 is 27.3 Å². The zero-order valence-corrected chi connectivity index (χ0v) is 18.4. The van der Waals surface area contributed by atoms with Gasteiger partial charge in [0.2, 0.25) is 0 Å². The lowest BCUT2D eigenvalue weighted by molar-refractivity contribution is -0.384. The first-order valence-corrected chi connectivity index (χ1v) is 11.4. The van der Waals surface area contributed by atoms with Crippen LogP contribution in [0.15, 0.2) is 64.0 Å². The van der Waals surface area contributed by atoms with E-state index in [9.17, 15) is 28.1 Å². The maximum absolute atomic E-state index is 12.3. The van der Waals surface area contributed by atoms with Gasteiger partial charge in [-0.1, -0.05) is 23.4 Å². The van der Waals surface area contributed by atoms with Gasteiger partial charge in [-0.15, -0.1) is 0 Å². The number of hydrogen-bond donors (Lipinski definition) is 2. The Morgan fingerprint density at radius 1 is 1.03 bits per heavy atom. The maximum atomic E-state index is 12.3. The van der Waals surface area contributed by atoms with Gasteiger partial charge in [0.1, 0.15) is 11.5 Å². The smallest absolute Gasteiger partial charge is 0.315 e. The predicted octanol–water partition coefficient (Wildman–Crippen LogP) is 0.877. The summed E-state index contributed by atoms with van der Waals surface area (Å²) >= 11 is 0. The van der Waals surface area contributed by atoms with Crippen LogP contribution in [0.1, 0.15) is 16.5 Å². The van der Waals surface area contributed by atoms with E-state index in [-0.39, 0.29) is 41.9 Å². The Bertz CT molecular complexity index is 1260. The van der Waals surface area contributed by atoms with Gasteiger partial charge >= 0.3 is 11.8 Å². The molecule has 13 nitrogen and oxygen atoms in total. The van der Waals surface area contributed by atoms with E-state index in [1.165, 1.54) is 36.4 Å². The summed E-state index contributed by atoms with van der Waals surface area (Å²) < 4.78 is 34.7. The fourth-order valence-corrected chi connectivity index (χ4v) is 3.80. The minimum absolute atomic E-state index is 0.0299. The van der Waals surface area contributed by atoms with Crippen LogP contribution in [0.3, 0.4) is 0 Å². The third-order valence-corrected chi connectivity index (χ3v) is 5.86. The second-order valence-corrected chi connectivity index (χ2v) is 8.72. The molecule has 0 bridgehead atoms. The highest BCUT2D eigenvalue weighted by molar-refractivity contribution is 7.90. The lowest BCUT2D eigenvalue weighted by Gasteiger charge is -2.07. The molecule has 0 saturated carbocycles. The van der Waals surface area contributed by atoms with Crippen LogP contribution in [0.4, 0.5) is 5.69 Å². The summed E-state index contributed by atoms with van der Waals surface area (Å²) in [5, 5.41) is 19.1. The van der Waals surface area contributed by atoms with Crippen LogP contribution in [-0.4, -0.2) is 55.0 Å². The van der Waals surface area contributed by atoms with Crippen molar-refractivity contribution in [3.8, 4) is 5.75 Å². The summed E-state index contributed by atoms with van der Waals surface area (Å²) in [6.07, 6.45) is 0. The standard InChI is InChI=1S/C20H19N5O8S/c26-18(12-32-15-8-6-14(7-9-15)25(28)29)21-10-11-22-19(27)20-23-17(24-33-20)13-34(30,31)16-4-2-1-3-5-16/h1-9H,10-13H2,(H,21,26)(H,22,27). The van der Waals surface area contributed by atoms with E-state index in [1.54, 1.807) is 18.2 Å². The summed E-state index contributed by atoms with van der Waals surface area (Å²) in [5.74, 6) is -2.02. The Morgan fingerprint density at radius 3 is 2.38 bits per heavy atom. The lowest BCUT2D eigenvalue weighted by atomic mass is 10.3. The Kier molecular flexibility index (Phi) is 7.87. The first-order chi connectivity index (χ1) is 16.2. The molecule has 2 aromatic carbocycles. The molecule has 0 unspecified atom stereocenters. The van der Waals surface area contributed by atoms with E-state index < -0.39 is 38.2 Å². The highest BCUT2D eigenvalue weighted by atomic mass is 32.2. The summed E-state index contributed by atoms with van der Waals surface area (Å²) in [4.78, 5) is 37.8. The number of aromatic nitrogens is 2. The van der Waals surface area contributed by atoms with Gasteiger partial charge in [0.25, 0.3) is 11.6 Å². The fourth-order valence-electron chi connectivity index (χ4n) is 2.60. The number of nitrogens with one attached hydrogen (secondary N) is 2. The van der Waals surface area contributed by atoms with Crippen LogP contribution < -0.4 is 15.4 Å². The van der Waals surface area contributed by atoms with Crippen molar-refractivity contribution in [1.29, 1.82) is 0 Å². The molecule has 0 fully saturated rings. The van der Waals surface area contributed by atoms with Crippen molar-refractivity contribution in [3.05, 3.63) is 76.4 Å². The Labute approximate surface area is 193 Å². The van der Waals surface area contributed by atoms with Crippen LogP contribution in [0.2, 0.25) is 0 Å². The number of nitrogens with zero attached hydrogens (tertiary/aromatic N) is 3. The minimum Gasteiger partial charge on any atom is -0.484 e. The van der Waals surface area contributed by atoms with Crippen molar-refractivity contribution in [2.45, 2.75) is 10.6 Å². The van der Waals surface area contributed by atoms with Gasteiger partial charge in [-0.25, -0.2) is 8.42 Å². The van der Waals surface area contributed by atoms with E-state index in [1.807, 2.05) is 0 Å². The van der Waals surface area contributed by atoms with Crippen molar-refractivity contribution < 1.29 is 32.2 Å². The molecule has 1 heterocycles. The molecular weight excluding hydrogens is 470 g/mol. The Balaban J connectivity index is 1.38. The van der Waals surface area contributed by atoms with Crippen molar-refractivity contribution in [2.24, 2.45) is 0 Å². The van der Waals surface area contributed by atoms with Crippen molar-refractivity contribution in [1.82, 2.24) is 20.8 Å². The summed E-state index contributed by atoms with van der Waals surface area (Å²) in [6, 6.07) is 13.0. The molecular formula is C20H19N5O8S. The minimum atomic E-state index is -3.69. The molecule has 14 heteroatoms. The molecule has 0 saturated heterocycles. The number of non-ortho nitro benzene ring substituents is 1. The summed E-state index contributed by atoms with van der Waals surface area (Å²) in [5.41, 5.74) is -0.0984. The van der Waals surface area contributed by atoms with Gasteiger partial charge < -0.3 is 19.9 Å². The zero-order valence-electron chi connectivity index (χ0n) is 17.5. The van der Waals surface area contributed by atoms with Gasteiger partial charge in [0.15, 0.2) is 22.3 Å². The molecule has 0 aliphatic rings. The molecule has 3 rings (SSSR count). The largest absolute Gasteiger partial charge is 0.484 e. The number of amides is 2. The monoisotopic (exact) mass is 489 g/mol. The molecule has 0 atom stereocenters. The molecule has 1 aromatic heterocycles. The zero-order chi connectivity index (χ0) is 24.6. The topological polar surface area (TPSA) is 184 Å². The van der Waals surface area contributed by atoms with Gasteiger partial charge in [-0.05, 0) is 24.3 Å². The van der Waals surface area contributed by atoms with Crippen molar-refractivity contribution in [3.63, 3.8) is 0 Å². The molecule has 2 amide bonds. The molecule has 0 spiro atoms. The van der Waals surface area contributed by atoms with Crippen LogP contribution in [0.25, 0.3) is 0 Å². The maximum Gasteiger partial charge on any atom is 0.315 e. The summed E-state index contributed by atoms with van der Waals surface area (Å²) in [7, 11) is -3.69. The normalized spacial score (nSPS) is 10.9. The number of nitro benzene ring substituents is 1. The number of carbonyl (C=O) groups is 2. The third kappa shape index (κ3) is 6.83. The number of benzene rings is 2. The number of rotatable bonds is 11. The van der Waals surface area contributed by atoms with Crippen LogP contribution in [0, 0.1) is 10.1 Å². The number of hydrogen-bond acceptors (Lipinski definition) is 10. The van der Waals surface area contributed by atoms with E-state index in [0.29, 0.717) is 0 Å². The van der Waals surface area contributed by atoms with Gasteiger partial charge in [0.05, 0.1) is 9.82 Å². The first-order valence-electron chi connectivity index (χ1n) is 9.77. The molecule has 0 aliphatic heterocycles. The van der Waals surface area contributed by atoms with E-state index >= 15 is 0 Å². The average molecular weight is 489 g/mol. The quantitative estimate of drug-likeness (QED) is 0.223. The SMILES string of the molecule is O=C(COc1ccc([N+](=O)[O-])cc1)NCCNC(=O)c1nc(CS(=O)(=O)c2ccccc2)no1. The van der Waals surface area contributed by atoms with Crippen molar-refractivity contribution in [2.75, 3.05) is 19.7 Å². The second-order valence-electron chi connectivity index (χ2n) is 6.73. The molecule has 0 radical (unpaired) electrons. The highest BCUT2D eigenvalue weighted by Crippen LogP contribution is 2.17. The number of ether oxygens (including phenoxy) is 1. The van der Waals surface area contributed by atoms with Gasteiger partial charge in [0, 0.05) is 25.2 Å².